The fourth-order valence-corrected chi connectivity index (χ4v) is 3.29. The third-order valence-corrected chi connectivity index (χ3v) is 5.11. The van der Waals surface area contributed by atoms with Gasteiger partial charge in [0.1, 0.15) is 0 Å². The molecule has 3 rings (SSSR count). The summed E-state index contributed by atoms with van der Waals surface area (Å²) in [4.78, 5) is 40.8. The number of amides is 2. The van der Waals surface area contributed by atoms with Crippen LogP contribution in [-0.4, -0.2) is 60.6 Å². The van der Waals surface area contributed by atoms with Crippen LogP contribution in [0, 0.1) is 0 Å². The first kappa shape index (κ1) is 20.7. The lowest BCUT2D eigenvalue weighted by Gasteiger charge is -2.32. The van der Waals surface area contributed by atoms with Crippen molar-refractivity contribution in [3.8, 4) is 0 Å². The lowest BCUT2D eigenvalue weighted by molar-refractivity contribution is -0.116. The summed E-state index contributed by atoms with van der Waals surface area (Å²) in [5.74, 6) is -0.0652. The minimum absolute atomic E-state index is 0.0235. The van der Waals surface area contributed by atoms with Crippen LogP contribution in [0.4, 0.5) is 5.69 Å². The van der Waals surface area contributed by atoms with Crippen molar-refractivity contribution in [2.75, 3.05) is 38.5 Å². The molecule has 1 aliphatic rings. The van der Waals surface area contributed by atoms with Crippen LogP contribution >= 0.6 is 0 Å². The van der Waals surface area contributed by atoms with Crippen molar-refractivity contribution in [1.29, 1.82) is 0 Å². The second-order valence-corrected chi connectivity index (χ2v) is 7.36. The Labute approximate surface area is 171 Å². The van der Waals surface area contributed by atoms with Gasteiger partial charge in [0.15, 0.2) is 5.78 Å². The molecule has 0 radical (unpaired) electrons. The van der Waals surface area contributed by atoms with Gasteiger partial charge in [0, 0.05) is 55.8 Å². The molecule has 1 fully saturated rings. The highest BCUT2D eigenvalue weighted by atomic mass is 16.2. The van der Waals surface area contributed by atoms with E-state index in [9.17, 15) is 14.4 Å². The molecule has 2 aromatic carbocycles. The van der Waals surface area contributed by atoms with E-state index >= 15 is 0 Å². The number of hydrogen-bond acceptors (Lipinski definition) is 4. The van der Waals surface area contributed by atoms with E-state index in [-0.39, 0.29) is 24.0 Å². The first-order valence-electron chi connectivity index (χ1n) is 9.99. The molecule has 2 aromatic rings. The Morgan fingerprint density at radius 2 is 1.48 bits per heavy atom. The van der Waals surface area contributed by atoms with Crippen LogP contribution in [0.1, 0.15) is 40.0 Å². The predicted octanol–water partition coefficient (Wildman–Crippen LogP) is 3.07. The van der Waals surface area contributed by atoms with Crippen molar-refractivity contribution < 1.29 is 14.4 Å². The molecule has 0 atom stereocenters. The van der Waals surface area contributed by atoms with Gasteiger partial charge < -0.3 is 15.1 Å². The Kier molecular flexibility index (Phi) is 7.14. The molecule has 0 unspecified atom stereocenters. The number of nitrogens with zero attached hydrogens (tertiary/aromatic N) is 2. The molecule has 1 aliphatic heterocycles. The van der Waals surface area contributed by atoms with Crippen LogP contribution in [0.15, 0.2) is 54.6 Å². The van der Waals surface area contributed by atoms with Crippen molar-refractivity contribution in [3.05, 3.63) is 65.7 Å². The van der Waals surface area contributed by atoms with Crippen LogP contribution < -0.4 is 5.32 Å². The van der Waals surface area contributed by atoms with Crippen LogP contribution in [0.3, 0.4) is 0 Å². The van der Waals surface area contributed by atoms with Crippen molar-refractivity contribution in [2.24, 2.45) is 0 Å². The van der Waals surface area contributed by atoms with Crippen LogP contribution in [0.25, 0.3) is 0 Å². The quantitative estimate of drug-likeness (QED) is 0.734. The number of likely N-dealkylation sites (N-methyl/N-ethyl adjacent to an activating group) is 1. The summed E-state index contributed by atoms with van der Waals surface area (Å²) in [7, 11) is 2.05. The van der Waals surface area contributed by atoms with Crippen molar-refractivity contribution >= 4 is 23.3 Å². The zero-order chi connectivity index (χ0) is 20.6. The minimum Gasteiger partial charge on any atom is -0.336 e. The number of nitrogens with one attached hydrogen (secondary N) is 1. The van der Waals surface area contributed by atoms with E-state index in [0.29, 0.717) is 29.7 Å². The standard InChI is InChI=1S/C23H27N3O3/c1-25-14-16-26(17-15-25)23(29)19-10-12-20(13-11-19)24-22(28)9-5-8-21(27)18-6-3-2-4-7-18/h2-4,6-7,10-13H,5,8-9,14-17H2,1H3,(H,24,28). The Bertz CT molecular complexity index is 841. The number of carbonyl (C=O) groups excluding carboxylic acids is 3. The van der Waals surface area contributed by atoms with Gasteiger partial charge in [-0.25, -0.2) is 0 Å². The van der Waals surface area contributed by atoms with Crippen LogP contribution in [-0.2, 0) is 4.79 Å². The predicted molar refractivity (Wildman–Crippen MR) is 113 cm³/mol. The van der Waals surface area contributed by atoms with Crippen LogP contribution in [0.5, 0.6) is 0 Å². The second-order valence-electron chi connectivity index (χ2n) is 7.36. The van der Waals surface area contributed by atoms with E-state index in [1.165, 1.54) is 0 Å². The van der Waals surface area contributed by atoms with E-state index in [2.05, 4.69) is 17.3 Å². The Morgan fingerprint density at radius 3 is 2.14 bits per heavy atom. The van der Waals surface area contributed by atoms with E-state index in [1.54, 1.807) is 36.4 Å². The highest BCUT2D eigenvalue weighted by Gasteiger charge is 2.20. The number of piperazine rings is 1. The molecule has 0 bridgehead atoms. The number of Topliss-reactive ketones (excluding diaryl/α,β-unsaturated/α-hetero) is 1. The van der Waals surface area contributed by atoms with Crippen molar-refractivity contribution in [1.82, 2.24) is 9.80 Å². The summed E-state index contributed by atoms with van der Waals surface area (Å²) in [5.41, 5.74) is 1.95. The SMILES string of the molecule is CN1CCN(C(=O)c2ccc(NC(=O)CCCC(=O)c3ccccc3)cc2)CC1. The van der Waals surface area contributed by atoms with Gasteiger partial charge in [-0.2, -0.15) is 0 Å². The fourth-order valence-electron chi connectivity index (χ4n) is 3.29. The first-order chi connectivity index (χ1) is 14.0. The zero-order valence-corrected chi connectivity index (χ0v) is 16.8. The number of carbonyl (C=O) groups is 3. The van der Waals surface area contributed by atoms with Gasteiger partial charge >= 0.3 is 0 Å². The third-order valence-electron chi connectivity index (χ3n) is 5.11. The van der Waals surface area contributed by atoms with Gasteiger partial charge in [-0.05, 0) is 37.7 Å². The van der Waals surface area contributed by atoms with E-state index < -0.39 is 0 Å². The maximum Gasteiger partial charge on any atom is 0.253 e. The average molecular weight is 393 g/mol. The summed E-state index contributed by atoms with van der Waals surface area (Å²) < 4.78 is 0. The molecule has 1 N–H and O–H groups in total. The molecule has 0 aromatic heterocycles. The van der Waals surface area contributed by atoms with Gasteiger partial charge in [-0.15, -0.1) is 0 Å². The third kappa shape index (κ3) is 5.99. The largest absolute Gasteiger partial charge is 0.336 e. The topological polar surface area (TPSA) is 69.7 Å². The summed E-state index contributed by atoms with van der Waals surface area (Å²) >= 11 is 0. The first-order valence-corrected chi connectivity index (χ1v) is 9.99. The second kappa shape index (κ2) is 9.98. The summed E-state index contributed by atoms with van der Waals surface area (Å²) in [6.45, 7) is 3.23. The van der Waals surface area contributed by atoms with Crippen molar-refractivity contribution in [2.45, 2.75) is 19.3 Å². The zero-order valence-electron chi connectivity index (χ0n) is 16.8. The van der Waals surface area contributed by atoms with Crippen molar-refractivity contribution in [3.63, 3.8) is 0 Å². The Balaban J connectivity index is 1.43. The van der Waals surface area contributed by atoms with E-state index in [0.717, 1.165) is 26.2 Å². The molecular weight excluding hydrogens is 366 g/mol. The van der Waals surface area contributed by atoms with Gasteiger partial charge in [0.2, 0.25) is 5.91 Å². The Morgan fingerprint density at radius 1 is 0.828 bits per heavy atom. The number of anilines is 1. The lowest BCUT2D eigenvalue weighted by Crippen LogP contribution is -2.47. The number of hydrogen-bond donors (Lipinski definition) is 1. The van der Waals surface area contributed by atoms with Gasteiger partial charge in [-0.3, -0.25) is 14.4 Å². The maximum atomic E-state index is 12.6. The molecular formula is C23H27N3O3. The average Bonchev–Trinajstić information content (AvgIpc) is 2.75. The number of ketones is 1. The number of benzene rings is 2. The lowest BCUT2D eigenvalue weighted by atomic mass is 10.1. The van der Waals surface area contributed by atoms with E-state index in [1.807, 2.05) is 23.1 Å². The molecule has 152 valence electrons. The van der Waals surface area contributed by atoms with Gasteiger partial charge in [-0.1, -0.05) is 30.3 Å². The highest BCUT2D eigenvalue weighted by Crippen LogP contribution is 2.14. The molecule has 6 nitrogen and oxygen atoms in total. The normalized spacial score (nSPS) is 14.4. The van der Waals surface area contributed by atoms with Gasteiger partial charge in [0.25, 0.3) is 5.91 Å². The van der Waals surface area contributed by atoms with Crippen LogP contribution in [0.2, 0.25) is 0 Å². The molecule has 29 heavy (non-hydrogen) atoms. The molecule has 0 saturated carbocycles. The molecule has 0 aliphatic carbocycles. The summed E-state index contributed by atoms with van der Waals surface area (Å²) in [6, 6.07) is 16.1. The number of rotatable bonds is 7. The van der Waals surface area contributed by atoms with E-state index in [4.69, 9.17) is 0 Å². The molecule has 2 amide bonds. The molecule has 6 heteroatoms. The molecule has 1 heterocycles. The molecule has 0 spiro atoms. The fraction of sp³-hybridized carbons (Fsp3) is 0.348. The monoisotopic (exact) mass is 393 g/mol. The van der Waals surface area contributed by atoms with Gasteiger partial charge in [0.05, 0.1) is 0 Å². The summed E-state index contributed by atoms with van der Waals surface area (Å²) in [6.07, 6.45) is 1.12. The maximum absolute atomic E-state index is 12.6. The Hall–Kier alpha value is -2.99. The molecule has 1 saturated heterocycles. The minimum atomic E-state index is -0.135. The highest BCUT2D eigenvalue weighted by molar-refractivity contribution is 5.97. The summed E-state index contributed by atoms with van der Waals surface area (Å²) in [5, 5.41) is 2.83. The smallest absolute Gasteiger partial charge is 0.253 e.